The van der Waals surface area contributed by atoms with Gasteiger partial charge in [0.25, 0.3) is 0 Å². The fourth-order valence-electron chi connectivity index (χ4n) is 2.74. The first-order valence-corrected chi connectivity index (χ1v) is 4.28. The van der Waals surface area contributed by atoms with Crippen molar-refractivity contribution in [2.75, 3.05) is 0 Å². The first kappa shape index (κ1) is 6.38. The van der Waals surface area contributed by atoms with Gasteiger partial charge >= 0.3 is 0 Å². The Morgan fingerprint density at radius 3 is 2.40 bits per heavy atom. The van der Waals surface area contributed by atoms with Crippen molar-refractivity contribution in [2.45, 2.75) is 32.6 Å². The van der Waals surface area contributed by atoms with Gasteiger partial charge in [0.1, 0.15) is 5.78 Å². The number of fused-ring (bicyclic) bond motifs is 2. The lowest BCUT2D eigenvalue weighted by molar-refractivity contribution is -0.122. The van der Waals surface area contributed by atoms with Crippen LogP contribution >= 0.6 is 0 Å². The minimum Gasteiger partial charge on any atom is -0.300 e. The quantitative estimate of drug-likeness (QED) is 0.541. The number of carbonyl (C=O) groups is 1. The molecule has 0 spiro atoms. The van der Waals surface area contributed by atoms with Crippen LogP contribution in [0.25, 0.3) is 0 Å². The van der Waals surface area contributed by atoms with Gasteiger partial charge in [0.05, 0.1) is 0 Å². The second-order valence-electron chi connectivity index (χ2n) is 3.89. The van der Waals surface area contributed by atoms with E-state index < -0.39 is 0 Å². The summed E-state index contributed by atoms with van der Waals surface area (Å²) in [5, 5.41) is 0. The lowest BCUT2D eigenvalue weighted by Crippen LogP contribution is -2.17. The van der Waals surface area contributed by atoms with E-state index in [2.05, 4.69) is 0 Å². The average Bonchev–Trinajstić information content (AvgIpc) is 2.44. The van der Waals surface area contributed by atoms with E-state index in [0.29, 0.717) is 11.7 Å². The highest BCUT2D eigenvalue weighted by atomic mass is 16.1. The van der Waals surface area contributed by atoms with Gasteiger partial charge in [-0.25, -0.2) is 0 Å². The summed E-state index contributed by atoms with van der Waals surface area (Å²) < 4.78 is 0. The molecule has 56 valence electrons. The number of rotatable bonds is 1. The van der Waals surface area contributed by atoms with E-state index in [1.165, 1.54) is 25.7 Å². The Bertz CT molecular complexity index is 162. The minimum atomic E-state index is 0.437. The number of hydrogen-bond acceptors (Lipinski definition) is 1. The molecule has 0 heterocycles. The Hall–Kier alpha value is -0.330. The molecule has 0 aliphatic heterocycles. The molecule has 0 saturated heterocycles. The highest BCUT2D eigenvalue weighted by Gasteiger charge is 2.41. The van der Waals surface area contributed by atoms with Crippen molar-refractivity contribution in [2.24, 2.45) is 17.8 Å². The predicted octanol–water partition coefficient (Wildman–Crippen LogP) is 2.01. The van der Waals surface area contributed by atoms with Crippen LogP contribution in [0.4, 0.5) is 0 Å². The Kier molecular flexibility index (Phi) is 1.33. The zero-order valence-corrected chi connectivity index (χ0v) is 6.47. The van der Waals surface area contributed by atoms with Crippen LogP contribution in [0.1, 0.15) is 32.6 Å². The molecular weight excluding hydrogens is 124 g/mol. The molecule has 0 aromatic heterocycles. The second kappa shape index (κ2) is 2.08. The smallest absolute Gasteiger partial charge is 0.133 e. The third-order valence-corrected chi connectivity index (χ3v) is 3.26. The summed E-state index contributed by atoms with van der Waals surface area (Å²) in [5.74, 6) is 2.59. The van der Waals surface area contributed by atoms with Crippen molar-refractivity contribution in [1.82, 2.24) is 0 Å². The fourth-order valence-corrected chi connectivity index (χ4v) is 2.74. The van der Waals surface area contributed by atoms with Gasteiger partial charge in [-0.15, -0.1) is 0 Å². The van der Waals surface area contributed by atoms with Crippen LogP contribution < -0.4 is 0 Å². The maximum Gasteiger partial charge on any atom is 0.133 e. The summed E-state index contributed by atoms with van der Waals surface area (Å²) in [6.07, 6.45) is 5.29. The molecule has 2 rings (SSSR count). The average molecular weight is 138 g/mol. The molecule has 2 aliphatic carbocycles. The van der Waals surface area contributed by atoms with Gasteiger partial charge in [-0.2, -0.15) is 0 Å². The number of carbonyl (C=O) groups excluding carboxylic acids is 1. The van der Waals surface area contributed by atoms with Gasteiger partial charge in [0.2, 0.25) is 0 Å². The Morgan fingerprint density at radius 2 is 2.10 bits per heavy atom. The van der Waals surface area contributed by atoms with E-state index in [9.17, 15) is 4.79 Å². The normalized spacial score (nSPS) is 44.3. The summed E-state index contributed by atoms with van der Waals surface area (Å²) in [6.45, 7) is 1.76. The highest BCUT2D eigenvalue weighted by Crippen LogP contribution is 2.48. The molecular formula is C9H14O. The summed E-state index contributed by atoms with van der Waals surface area (Å²) in [7, 11) is 0. The first-order valence-electron chi connectivity index (χ1n) is 4.28. The molecule has 2 fully saturated rings. The van der Waals surface area contributed by atoms with Crippen molar-refractivity contribution in [1.29, 1.82) is 0 Å². The molecule has 2 saturated carbocycles. The largest absolute Gasteiger partial charge is 0.300 e. The SMILES string of the molecule is CC(=O)[C@@H]1C[C@H]2CC[C@@H]1C2. The molecule has 0 amide bonds. The number of hydrogen-bond donors (Lipinski definition) is 0. The van der Waals surface area contributed by atoms with E-state index in [4.69, 9.17) is 0 Å². The standard InChI is InChI=1S/C9H14O/c1-6(10)9-5-7-2-3-8(9)4-7/h7-9H,2-5H2,1H3/t7-,8+,9-/m0/s1. The predicted molar refractivity (Wildman–Crippen MR) is 39.6 cm³/mol. The molecule has 0 unspecified atom stereocenters. The summed E-state index contributed by atoms with van der Waals surface area (Å²) in [6, 6.07) is 0. The monoisotopic (exact) mass is 138 g/mol. The minimum absolute atomic E-state index is 0.437. The third-order valence-electron chi connectivity index (χ3n) is 3.26. The van der Waals surface area contributed by atoms with E-state index in [0.717, 1.165) is 11.8 Å². The molecule has 3 atom stereocenters. The molecule has 0 radical (unpaired) electrons. The van der Waals surface area contributed by atoms with Crippen molar-refractivity contribution >= 4 is 5.78 Å². The van der Waals surface area contributed by atoms with Gasteiger partial charge in [-0.05, 0) is 38.0 Å². The van der Waals surface area contributed by atoms with Crippen LogP contribution in [0.5, 0.6) is 0 Å². The number of ketones is 1. The van der Waals surface area contributed by atoms with Crippen LogP contribution in [0, 0.1) is 17.8 Å². The topological polar surface area (TPSA) is 17.1 Å². The Morgan fingerprint density at radius 1 is 1.30 bits per heavy atom. The Labute approximate surface area is 61.8 Å². The Balaban J connectivity index is 2.08. The maximum absolute atomic E-state index is 11.0. The maximum atomic E-state index is 11.0. The molecule has 0 N–H and O–H groups in total. The molecule has 1 heteroatoms. The van der Waals surface area contributed by atoms with Gasteiger partial charge in [0, 0.05) is 5.92 Å². The highest BCUT2D eigenvalue weighted by molar-refractivity contribution is 5.79. The van der Waals surface area contributed by atoms with Crippen LogP contribution in [0.2, 0.25) is 0 Å². The third kappa shape index (κ3) is 0.799. The molecule has 2 aliphatic rings. The van der Waals surface area contributed by atoms with Crippen LogP contribution in [0.15, 0.2) is 0 Å². The summed E-state index contributed by atoms with van der Waals surface area (Å²) >= 11 is 0. The lowest BCUT2D eigenvalue weighted by Gasteiger charge is -2.17. The van der Waals surface area contributed by atoms with Gasteiger partial charge in [-0.1, -0.05) is 6.42 Å². The lowest BCUT2D eigenvalue weighted by atomic mass is 9.86. The molecule has 2 bridgehead atoms. The fraction of sp³-hybridized carbons (Fsp3) is 0.889. The van der Waals surface area contributed by atoms with Crippen molar-refractivity contribution in [3.63, 3.8) is 0 Å². The van der Waals surface area contributed by atoms with E-state index in [-0.39, 0.29) is 0 Å². The molecule has 10 heavy (non-hydrogen) atoms. The zero-order chi connectivity index (χ0) is 7.14. The molecule has 0 aromatic carbocycles. The van der Waals surface area contributed by atoms with E-state index in [1.807, 2.05) is 0 Å². The molecule has 0 aromatic rings. The first-order chi connectivity index (χ1) is 4.77. The zero-order valence-electron chi connectivity index (χ0n) is 6.47. The van der Waals surface area contributed by atoms with E-state index in [1.54, 1.807) is 6.92 Å². The van der Waals surface area contributed by atoms with Crippen LogP contribution in [0.3, 0.4) is 0 Å². The van der Waals surface area contributed by atoms with E-state index >= 15 is 0 Å². The van der Waals surface area contributed by atoms with Crippen LogP contribution in [-0.2, 0) is 4.79 Å². The van der Waals surface area contributed by atoms with Crippen molar-refractivity contribution < 1.29 is 4.79 Å². The summed E-state index contributed by atoms with van der Waals surface area (Å²) in [4.78, 5) is 11.0. The van der Waals surface area contributed by atoms with Crippen LogP contribution in [-0.4, -0.2) is 5.78 Å². The second-order valence-corrected chi connectivity index (χ2v) is 3.89. The van der Waals surface area contributed by atoms with Gasteiger partial charge in [0.15, 0.2) is 0 Å². The van der Waals surface area contributed by atoms with Gasteiger partial charge < -0.3 is 0 Å². The van der Waals surface area contributed by atoms with Crippen molar-refractivity contribution in [3.05, 3.63) is 0 Å². The number of Topliss-reactive ketones (excluding diaryl/α,β-unsaturated/α-hetero) is 1. The summed E-state index contributed by atoms with van der Waals surface area (Å²) in [5.41, 5.74) is 0. The van der Waals surface area contributed by atoms with Crippen molar-refractivity contribution in [3.8, 4) is 0 Å². The van der Waals surface area contributed by atoms with Gasteiger partial charge in [-0.3, -0.25) is 4.79 Å². The molecule has 1 nitrogen and oxygen atoms in total.